The summed E-state index contributed by atoms with van der Waals surface area (Å²) >= 11 is 0. The van der Waals surface area contributed by atoms with Gasteiger partial charge in [0.1, 0.15) is 5.82 Å². The van der Waals surface area contributed by atoms with Crippen molar-refractivity contribution in [2.24, 2.45) is 5.92 Å². The monoisotopic (exact) mass is 263 g/mol. The molecule has 2 nitrogen and oxygen atoms in total. The predicted molar refractivity (Wildman–Crippen MR) is 74.1 cm³/mol. The van der Waals surface area contributed by atoms with Crippen LogP contribution in [0.2, 0.25) is 0 Å². The minimum absolute atomic E-state index is 0.344. The van der Waals surface area contributed by atoms with Gasteiger partial charge in [0.2, 0.25) is 0 Å². The maximum absolute atomic E-state index is 13.2. The van der Waals surface area contributed by atoms with Gasteiger partial charge in [-0.05, 0) is 36.1 Å². The van der Waals surface area contributed by atoms with Gasteiger partial charge < -0.3 is 4.74 Å². The molecule has 0 aliphatic heterocycles. The lowest BCUT2D eigenvalue weighted by Gasteiger charge is -2.14. The van der Waals surface area contributed by atoms with E-state index >= 15 is 0 Å². The fraction of sp³-hybridized carbons (Fsp3) is 0.562. The topological polar surface area (TPSA) is 33.0 Å². The Morgan fingerprint density at radius 1 is 1.32 bits per heavy atom. The molecule has 0 amide bonds. The first-order valence-electron chi connectivity index (χ1n) is 6.96. The lowest BCUT2D eigenvalue weighted by atomic mass is 10.0. The van der Waals surface area contributed by atoms with Crippen molar-refractivity contribution in [3.63, 3.8) is 0 Å². The Bertz CT molecular complexity index is 425. The summed E-state index contributed by atoms with van der Waals surface area (Å²) in [6.07, 6.45) is 4.71. The van der Waals surface area contributed by atoms with E-state index < -0.39 is 0 Å². The average Bonchev–Trinajstić information content (AvgIpc) is 2.42. The van der Waals surface area contributed by atoms with Crippen LogP contribution in [0.4, 0.5) is 4.39 Å². The van der Waals surface area contributed by atoms with E-state index in [0.29, 0.717) is 24.7 Å². The van der Waals surface area contributed by atoms with E-state index in [1.165, 1.54) is 31.4 Å². The number of rotatable bonds is 8. The van der Waals surface area contributed by atoms with Crippen LogP contribution in [-0.4, -0.2) is 6.61 Å². The Morgan fingerprint density at radius 3 is 2.74 bits per heavy atom. The summed E-state index contributed by atoms with van der Waals surface area (Å²) in [5.74, 6) is 0.194. The molecule has 0 N–H and O–H groups in total. The molecule has 0 heterocycles. The average molecular weight is 263 g/mol. The number of halogens is 1. The largest absolute Gasteiger partial charge is 0.376 e. The highest BCUT2D eigenvalue weighted by atomic mass is 19.1. The zero-order chi connectivity index (χ0) is 14.1. The summed E-state index contributed by atoms with van der Waals surface area (Å²) in [6.45, 7) is 5.42. The van der Waals surface area contributed by atoms with E-state index in [2.05, 4.69) is 13.8 Å². The molecule has 0 bridgehead atoms. The van der Waals surface area contributed by atoms with E-state index in [9.17, 15) is 4.39 Å². The normalized spacial score (nSPS) is 12.1. The summed E-state index contributed by atoms with van der Waals surface area (Å²) in [5.41, 5.74) is 1.07. The number of hydrogen-bond donors (Lipinski definition) is 0. The molecular formula is C16H22FNO. The molecule has 0 aliphatic carbocycles. The molecule has 104 valence electrons. The molecular weight excluding hydrogens is 241 g/mol. The Labute approximate surface area is 115 Å². The Morgan fingerprint density at radius 2 is 2.11 bits per heavy atom. The molecule has 1 atom stereocenters. The molecule has 0 spiro atoms. The second kappa shape index (κ2) is 8.66. The van der Waals surface area contributed by atoms with Crippen LogP contribution in [0.25, 0.3) is 0 Å². The summed E-state index contributed by atoms with van der Waals surface area (Å²) in [7, 11) is 0. The van der Waals surface area contributed by atoms with Gasteiger partial charge >= 0.3 is 0 Å². The summed E-state index contributed by atoms with van der Waals surface area (Å²) in [4.78, 5) is 0. The lowest BCUT2D eigenvalue weighted by molar-refractivity contribution is 0.0818. The van der Waals surface area contributed by atoms with Crippen molar-refractivity contribution in [2.45, 2.75) is 46.1 Å². The van der Waals surface area contributed by atoms with Crippen molar-refractivity contribution in [3.05, 3.63) is 35.1 Å². The van der Waals surface area contributed by atoms with Gasteiger partial charge in [0.05, 0.1) is 18.2 Å². The van der Waals surface area contributed by atoms with Gasteiger partial charge in [0.15, 0.2) is 0 Å². The van der Waals surface area contributed by atoms with Gasteiger partial charge in [0, 0.05) is 6.61 Å². The van der Waals surface area contributed by atoms with Crippen LogP contribution >= 0.6 is 0 Å². The van der Waals surface area contributed by atoms with E-state index in [4.69, 9.17) is 10.00 Å². The molecule has 3 heteroatoms. The van der Waals surface area contributed by atoms with Crippen LogP contribution < -0.4 is 0 Å². The molecule has 0 aliphatic rings. The Hall–Kier alpha value is -1.40. The van der Waals surface area contributed by atoms with Crippen molar-refractivity contribution >= 4 is 0 Å². The summed E-state index contributed by atoms with van der Waals surface area (Å²) < 4.78 is 18.9. The molecule has 1 aromatic rings. The quantitative estimate of drug-likeness (QED) is 0.695. The molecule has 0 radical (unpaired) electrons. The van der Waals surface area contributed by atoms with E-state index in [1.54, 1.807) is 6.07 Å². The number of nitrogens with zero attached hydrogens (tertiary/aromatic N) is 1. The van der Waals surface area contributed by atoms with Crippen molar-refractivity contribution in [1.82, 2.24) is 0 Å². The minimum Gasteiger partial charge on any atom is -0.376 e. The van der Waals surface area contributed by atoms with Crippen molar-refractivity contribution in [1.29, 1.82) is 5.26 Å². The maximum atomic E-state index is 13.2. The zero-order valence-corrected chi connectivity index (χ0v) is 11.8. The molecule has 1 unspecified atom stereocenters. The first-order valence-corrected chi connectivity index (χ1v) is 6.96. The highest BCUT2D eigenvalue weighted by Gasteiger charge is 2.07. The standard InChI is InChI=1S/C16H22FNO/c1-3-5-6-13(4-2)11-19-12-15-7-14(10-18)8-16(17)9-15/h7-9,13H,3-6,11-12H2,1-2H3. The highest BCUT2D eigenvalue weighted by Crippen LogP contribution is 2.15. The van der Waals surface area contributed by atoms with Crippen molar-refractivity contribution in [3.8, 4) is 6.07 Å². The number of ether oxygens (including phenoxy) is 1. The number of unbranched alkanes of at least 4 members (excludes halogenated alkanes) is 1. The first-order chi connectivity index (χ1) is 9.19. The lowest BCUT2D eigenvalue weighted by Crippen LogP contribution is -2.09. The van der Waals surface area contributed by atoms with Crippen LogP contribution in [-0.2, 0) is 11.3 Å². The molecule has 0 saturated carbocycles. The van der Waals surface area contributed by atoms with E-state index in [-0.39, 0.29) is 5.82 Å². The SMILES string of the molecule is CCCCC(CC)COCc1cc(F)cc(C#N)c1. The van der Waals surface area contributed by atoms with Crippen LogP contribution in [0, 0.1) is 23.1 Å². The van der Waals surface area contributed by atoms with Crippen LogP contribution in [0.1, 0.15) is 50.7 Å². The fourth-order valence-electron chi connectivity index (χ4n) is 2.04. The van der Waals surface area contributed by atoms with Gasteiger partial charge in [0.25, 0.3) is 0 Å². The van der Waals surface area contributed by atoms with E-state index in [1.807, 2.05) is 6.07 Å². The van der Waals surface area contributed by atoms with E-state index in [0.717, 1.165) is 12.0 Å². The predicted octanol–water partition coefficient (Wildman–Crippen LogP) is 4.43. The fourth-order valence-corrected chi connectivity index (χ4v) is 2.04. The second-order valence-electron chi connectivity index (χ2n) is 4.89. The van der Waals surface area contributed by atoms with Gasteiger partial charge in [-0.3, -0.25) is 0 Å². The van der Waals surface area contributed by atoms with Gasteiger partial charge in [-0.2, -0.15) is 5.26 Å². The van der Waals surface area contributed by atoms with Gasteiger partial charge in [-0.15, -0.1) is 0 Å². The molecule has 0 saturated heterocycles. The molecule has 1 aromatic carbocycles. The second-order valence-corrected chi connectivity index (χ2v) is 4.89. The third-order valence-corrected chi connectivity index (χ3v) is 3.25. The Kier molecular flexibility index (Phi) is 7.14. The van der Waals surface area contributed by atoms with Crippen LogP contribution in [0.3, 0.4) is 0 Å². The number of nitriles is 1. The molecule has 0 fully saturated rings. The van der Waals surface area contributed by atoms with Crippen molar-refractivity contribution in [2.75, 3.05) is 6.61 Å². The minimum atomic E-state index is -0.379. The molecule has 19 heavy (non-hydrogen) atoms. The van der Waals surface area contributed by atoms with Crippen molar-refractivity contribution < 1.29 is 9.13 Å². The van der Waals surface area contributed by atoms with Crippen LogP contribution in [0.15, 0.2) is 18.2 Å². The summed E-state index contributed by atoms with van der Waals surface area (Å²) in [6, 6.07) is 6.29. The highest BCUT2D eigenvalue weighted by molar-refractivity contribution is 5.33. The third-order valence-electron chi connectivity index (χ3n) is 3.25. The summed E-state index contributed by atoms with van der Waals surface area (Å²) in [5, 5.41) is 8.78. The molecule has 0 aromatic heterocycles. The van der Waals surface area contributed by atoms with Crippen LogP contribution in [0.5, 0.6) is 0 Å². The smallest absolute Gasteiger partial charge is 0.124 e. The number of benzene rings is 1. The van der Waals surface area contributed by atoms with Gasteiger partial charge in [-0.1, -0.05) is 33.1 Å². The third kappa shape index (κ3) is 5.85. The number of hydrogen-bond acceptors (Lipinski definition) is 2. The maximum Gasteiger partial charge on any atom is 0.124 e. The zero-order valence-electron chi connectivity index (χ0n) is 11.8. The Balaban J connectivity index is 2.44. The molecule has 1 rings (SSSR count). The van der Waals surface area contributed by atoms with Gasteiger partial charge in [-0.25, -0.2) is 4.39 Å². The first kappa shape index (κ1) is 15.7.